The highest BCUT2D eigenvalue weighted by Gasteiger charge is 2.23. The second-order valence-corrected chi connectivity index (χ2v) is 6.32. The molecule has 1 aromatic heterocycles. The van der Waals surface area contributed by atoms with Crippen molar-refractivity contribution in [2.75, 3.05) is 12.3 Å². The second kappa shape index (κ2) is 6.29. The van der Waals surface area contributed by atoms with Gasteiger partial charge >= 0.3 is 5.97 Å². The zero-order valence-corrected chi connectivity index (χ0v) is 13.1. The summed E-state index contributed by atoms with van der Waals surface area (Å²) in [7, 11) is 0. The Bertz CT molecular complexity index is 562. The Balaban J connectivity index is 2.20. The highest BCUT2D eigenvalue weighted by Crippen LogP contribution is 2.38. The SMILES string of the molecule is CCOC(=O)Cc1ccc(N)c(C2=CCC(C)(C)CC2)n1. The number of nitrogens with zero attached hydrogens (tertiary/aromatic N) is 1. The fourth-order valence-electron chi connectivity index (χ4n) is 2.52. The van der Waals surface area contributed by atoms with Gasteiger partial charge in [-0.05, 0) is 49.3 Å². The first-order valence-electron chi connectivity index (χ1n) is 7.52. The van der Waals surface area contributed by atoms with Crippen molar-refractivity contribution in [1.82, 2.24) is 4.98 Å². The third kappa shape index (κ3) is 4.06. The molecule has 0 amide bonds. The van der Waals surface area contributed by atoms with Gasteiger partial charge in [0, 0.05) is 0 Å². The van der Waals surface area contributed by atoms with Crippen LogP contribution in [0.1, 0.15) is 51.4 Å². The Labute approximate surface area is 126 Å². The van der Waals surface area contributed by atoms with Gasteiger partial charge in [0.05, 0.1) is 30.1 Å². The summed E-state index contributed by atoms with van der Waals surface area (Å²) in [5, 5.41) is 0. The average Bonchev–Trinajstić information content (AvgIpc) is 2.41. The summed E-state index contributed by atoms with van der Waals surface area (Å²) in [5.74, 6) is -0.250. The molecule has 0 aliphatic heterocycles. The van der Waals surface area contributed by atoms with Crippen LogP contribution in [0.2, 0.25) is 0 Å². The lowest BCUT2D eigenvalue weighted by molar-refractivity contribution is -0.142. The maximum absolute atomic E-state index is 11.6. The molecular weight excluding hydrogens is 264 g/mol. The van der Waals surface area contributed by atoms with Crippen LogP contribution in [0.5, 0.6) is 0 Å². The highest BCUT2D eigenvalue weighted by atomic mass is 16.5. The fourth-order valence-corrected chi connectivity index (χ4v) is 2.52. The van der Waals surface area contributed by atoms with E-state index in [0.29, 0.717) is 23.4 Å². The van der Waals surface area contributed by atoms with E-state index >= 15 is 0 Å². The average molecular weight is 288 g/mol. The first kappa shape index (κ1) is 15.5. The Morgan fingerprint density at radius 2 is 2.19 bits per heavy atom. The third-order valence-corrected chi connectivity index (χ3v) is 3.89. The minimum Gasteiger partial charge on any atom is -0.466 e. The molecule has 0 saturated heterocycles. The largest absolute Gasteiger partial charge is 0.466 e. The van der Waals surface area contributed by atoms with Gasteiger partial charge in [-0.1, -0.05) is 19.9 Å². The lowest BCUT2D eigenvalue weighted by Crippen LogP contribution is -2.15. The van der Waals surface area contributed by atoms with Gasteiger partial charge in [-0.25, -0.2) is 0 Å². The van der Waals surface area contributed by atoms with Crippen LogP contribution in [0.25, 0.3) is 5.57 Å². The summed E-state index contributed by atoms with van der Waals surface area (Å²) in [5.41, 5.74) is 9.81. The summed E-state index contributed by atoms with van der Waals surface area (Å²) in [6.45, 7) is 6.73. The van der Waals surface area contributed by atoms with Gasteiger partial charge in [-0.15, -0.1) is 0 Å². The molecule has 0 fully saturated rings. The molecule has 0 spiro atoms. The van der Waals surface area contributed by atoms with Crippen molar-refractivity contribution in [2.45, 2.75) is 46.5 Å². The maximum atomic E-state index is 11.6. The zero-order chi connectivity index (χ0) is 15.5. The molecule has 0 saturated carbocycles. The Morgan fingerprint density at radius 3 is 2.81 bits per heavy atom. The Hall–Kier alpha value is -1.84. The predicted octanol–water partition coefficient (Wildman–Crippen LogP) is 3.36. The van der Waals surface area contributed by atoms with Crippen LogP contribution in [-0.2, 0) is 16.0 Å². The normalized spacial score (nSPS) is 17.2. The van der Waals surface area contributed by atoms with Gasteiger partial charge in [-0.3, -0.25) is 9.78 Å². The van der Waals surface area contributed by atoms with E-state index in [0.717, 1.165) is 25.0 Å². The van der Waals surface area contributed by atoms with Crippen molar-refractivity contribution in [3.05, 3.63) is 29.6 Å². The summed E-state index contributed by atoms with van der Waals surface area (Å²) in [4.78, 5) is 16.1. The van der Waals surface area contributed by atoms with E-state index in [9.17, 15) is 4.79 Å². The number of aromatic nitrogens is 1. The monoisotopic (exact) mass is 288 g/mol. The molecular formula is C17H24N2O2. The van der Waals surface area contributed by atoms with Crippen LogP contribution < -0.4 is 5.73 Å². The molecule has 1 aromatic rings. The number of anilines is 1. The lowest BCUT2D eigenvalue weighted by atomic mass is 9.77. The molecule has 0 radical (unpaired) electrons. The molecule has 2 N–H and O–H groups in total. The molecule has 114 valence electrons. The zero-order valence-electron chi connectivity index (χ0n) is 13.1. The number of nitrogen functional groups attached to an aromatic ring is 1. The van der Waals surface area contributed by atoms with Gasteiger partial charge in [-0.2, -0.15) is 0 Å². The van der Waals surface area contributed by atoms with E-state index in [-0.39, 0.29) is 12.4 Å². The number of rotatable bonds is 4. The van der Waals surface area contributed by atoms with E-state index in [1.807, 2.05) is 6.07 Å². The molecule has 0 atom stereocenters. The molecule has 1 heterocycles. The van der Waals surface area contributed by atoms with Crippen molar-refractivity contribution in [1.29, 1.82) is 0 Å². The smallest absolute Gasteiger partial charge is 0.311 e. The van der Waals surface area contributed by atoms with Gasteiger partial charge < -0.3 is 10.5 Å². The number of ether oxygens (including phenoxy) is 1. The minimum absolute atomic E-state index is 0.194. The number of carbonyl (C=O) groups is 1. The molecule has 21 heavy (non-hydrogen) atoms. The van der Waals surface area contributed by atoms with E-state index < -0.39 is 0 Å². The third-order valence-electron chi connectivity index (χ3n) is 3.89. The first-order valence-corrected chi connectivity index (χ1v) is 7.52. The van der Waals surface area contributed by atoms with Crippen LogP contribution in [0.3, 0.4) is 0 Å². The Morgan fingerprint density at radius 1 is 1.43 bits per heavy atom. The number of hydrogen-bond donors (Lipinski definition) is 1. The summed E-state index contributed by atoms with van der Waals surface area (Å²) in [6, 6.07) is 3.63. The van der Waals surface area contributed by atoms with E-state index in [1.54, 1.807) is 13.0 Å². The van der Waals surface area contributed by atoms with Gasteiger partial charge in [0.1, 0.15) is 0 Å². The van der Waals surface area contributed by atoms with Crippen LogP contribution in [-0.4, -0.2) is 17.6 Å². The summed E-state index contributed by atoms with van der Waals surface area (Å²) in [6.07, 6.45) is 5.57. The number of nitrogens with two attached hydrogens (primary N) is 1. The van der Waals surface area contributed by atoms with Crippen molar-refractivity contribution in [3.63, 3.8) is 0 Å². The topological polar surface area (TPSA) is 65.2 Å². The standard InChI is InChI=1S/C17H24N2O2/c1-4-21-15(20)11-13-5-6-14(18)16(19-13)12-7-9-17(2,3)10-8-12/h5-7H,4,8-11,18H2,1-3H3. The molecule has 4 nitrogen and oxygen atoms in total. The van der Waals surface area contributed by atoms with E-state index in [1.165, 1.54) is 5.57 Å². The molecule has 2 rings (SSSR count). The summed E-state index contributed by atoms with van der Waals surface area (Å²) >= 11 is 0. The number of carbonyl (C=O) groups excluding carboxylic acids is 1. The second-order valence-electron chi connectivity index (χ2n) is 6.32. The minimum atomic E-state index is -0.250. The number of esters is 1. The fraction of sp³-hybridized carbons (Fsp3) is 0.529. The van der Waals surface area contributed by atoms with Crippen molar-refractivity contribution in [3.8, 4) is 0 Å². The predicted molar refractivity (Wildman–Crippen MR) is 84.6 cm³/mol. The number of allylic oxidation sites excluding steroid dienone is 2. The van der Waals surface area contributed by atoms with Gasteiger partial charge in [0.25, 0.3) is 0 Å². The number of hydrogen-bond acceptors (Lipinski definition) is 4. The summed E-state index contributed by atoms with van der Waals surface area (Å²) < 4.78 is 4.96. The molecule has 4 heteroatoms. The van der Waals surface area contributed by atoms with Crippen LogP contribution >= 0.6 is 0 Å². The Kier molecular flexibility index (Phi) is 4.66. The van der Waals surface area contributed by atoms with Gasteiger partial charge in [0.2, 0.25) is 0 Å². The highest BCUT2D eigenvalue weighted by molar-refractivity contribution is 5.75. The quantitative estimate of drug-likeness (QED) is 0.863. The van der Waals surface area contributed by atoms with Crippen molar-refractivity contribution >= 4 is 17.2 Å². The molecule has 0 aromatic carbocycles. The van der Waals surface area contributed by atoms with Crippen molar-refractivity contribution in [2.24, 2.45) is 5.41 Å². The van der Waals surface area contributed by atoms with Gasteiger partial charge in [0.15, 0.2) is 0 Å². The van der Waals surface area contributed by atoms with Crippen LogP contribution in [0, 0.1) is 5.41 Å². The van der Waals surface area contributed by atoms with E-state index in [2.05, 4.69) is 24.9 Å². The first-order chi connectivity index (χ1) is 9.91. The lowest BCUT2D eigenvalue weighted by Gasteiger charge is -2.28. The van der Waals surface area contributed by atoms with Crippen LogP contribution in [0.15, 0.2) is 18.2 Å². The van der Waals surface area contributed by atoms with Crippen molar-refractivity contribution < 1.29 is 9.53 Å². The maximum Gasteiger partial charge on any atom is 0.311 e. The molecule has 0 unspecified atom stereocenters. The molecule has 0 bridgehead atoms. The number of pyridine rings is 1. The molecule has 1 aliphatic carbocycles. The van der Waals surface area contributed by atoms with E-state index in [4.69, 9.17) is 10.5 Å². The molecule has 1 aliphatic rings. The van der Waals surface area contributed by atoms with Crippen LogP contribution in [0.4, 0.5) is 5.69 Å².